The zero-order valence-corrected chi connectivity index (χ0v) is 7.99. The van der Waals surface area contributed by atoms with Crippen molar-refractivity contribution in [3.8, 4) is 0 Å². The van der Waals surface area contributed by atoms with Crippen LogP contribution in [0.25, 0.3) is 0 Å². The second-order valence-corrected chi connectivity index (χ2v) is 4.62. The second kappa shape index (κ2) is 1.99. The van der Waals surface area contributed by atoms with Gasteiger partial charge in [0.15, 0.2) is 0 Å². The third-order valence-corrected chi connectivity index (χ3v) is 3.19. The van der Waals surface area contributed by atoms with Crippen molar-refractivity contribution in [1.29, 1.82) is 0 Å². The maximum Gasteiger partial charge on any atom is 0.226 e. The minimum Gasteiger partial charge on any atom is -0.350 e. The Morgan fingerprint density at radius 3 is 1.82 bits per heavy atom. The Morgan fingerprint density at radius 1 is 1.27 bits per heavy atom. The first-order chi connectivity index (χ1) is 4.78. The number of carbonyl (C=O) groups is 1. The van der Waals surface area contributed by atoms with Crippen LogP contribution < -0.4 is 5.32 Å². The summed E-state index contributed by atoms with van der Waals surface area (Å²) >= 11 is 0. The highest BCUT2D eigenvalue weighted by atomic mass is 16.2. The quantitative estimate of drug-likeness (QED) is 0.565. The first-order valence-corrected chi connectivity index (χ1v) is 4.11. The molecule has 1 saturated heterocycles. The first-order valence-electron chi connectivity index (χ1n) is 4.11. The normalized spacial score (nSPS) is 33.5. The number of hydrogen-bond donors (Lipinski definition) is 1. The number of carbonyl (C=O) groups excluding carboxylic acids is 1. The lowest BCUT2D eigenvalue weighted by molar-refractivity contribution is -0.127. The Hall–Kier alpha value is -0.530. The molecule has 0 aromatic carbocycles. The summed E-state index contributed by atoms with van der Waals surface area (Å²) in [4.78, 5) is 11.4. The highest BCUT2D eigenvalue weighted by molar-refractivity contribution is 5.85. The van der Waals surface area contributed by atoms with Gasteiger partial charge in [-0.25, -0.2) is 0 Å². The summed E-state index contributed by atoms with van der Waals surface area (Å²) in [5.74, 6) is 0.567. The average Bonchev–Trinajstić information content (AvgIpc) is 1.94. The molecule has 0 bridgehead atoms. The van der Waals surface area contributed by atoms with Gasteiger partial charge in [-0.15, -0.1) is 0 Å². The lowest BCUT2D eigenvalue weighted by Crippen LogP contribution is -2.38. The largest absolute Gasteiger partial charge is 0.350 e. The smallest absolute Gasteiger partial charge is 0.226 e. The maximum absolute atomic E-state index is 11.4. The molecule has 1 aliphatic rings. The van der Waals surface area contributed by atoms with Crippen molar-refractivity contribution < 1.29 is 4.79 Å². The van der Waals surface area contributed by atoms with Crippen molar-refractivity contribution in [2.45, 2.75) is 40.2 Å². The Labute approximate surface area is 68.4 Å². The molecule has 1 N–H and O–H groups in total. The monoisotopic (exact) mass is 155 g/mol. The Morgan fingerprint density at radius 2 is 1.73 bits per heavy atom. The molecule has 0 aromatic rings. The molecule has 0 spiro atoms. The Kier molecular flexibility index (Phi) is 1.55. The molecule has 1 amide bonds. The fraction of sp³-hybridized carbons (Fsp3) is 0.889. The molecule has 11 heavy (non-hydrogen) atoms. The van der Waals surface area contributed by atoms with Gasteiger partial charge in [-0.2, -0.15) is 0 Å². The summed E-state index contributed by atoms with van der Waals surface area (Å²) in [6, 6.07) is 0. The molecule has 64 valence electrons. The van der Waals surface area contributed by atoms with Crippen molar-refractivity contribution in [3.05, 3.63) is 0 Å². The van der Waals surface area contributed by atoms with Crippen LogP contribution in [0.1, 0.15) is 34.6 Å². The van der Waals surface area contributed by atoms with E-state index in [1.165, 1.54) is 0 Å². The van der Waals surface area contributed by atoms with E-state index in [1.807, 2.05) is 13.8 Å². The van der Waals surface area contributed by atoms with E-state index in [0.29, 0.717) is 5.92 Å². The van der Waals surface area contributed by atoms with Crippen LogP contribution in [0.15, 0.2) is 0 Å². The fourth-order valence-electron chi connectivity index (χ4n) is 1.66. The molecule has 0 radical (unpaired) electrons. The van der Waals surface area contributed by atoms with Crippen LogP contribution in [0.2, 0.25) is 0 Å². The van der Waals surface area contributed by atoms with E-state index in [1.54, 1.807) is 0 Å². The van der Waals surface area contributed by atoms with Gasteiger partial charge >= 0.3 is 0 Å². The van der Waals surface area contributed by atoms with Crippen LogP contribution in [0.3, 0.4) is 0 Å². The van der Waals surface area contributed by atoms with Gasteiger partial charge in [-0.1, -0.05) is 20.8 Å². The number of hydrogen-bond acceptors (Lipinski definition) is 1. The lowest BCUT2D eigenvalue weighted by Gasteiger charge is -2.28. The molecule has 1 rings (SSSR count). The molecule has 0 saturated carbocycles. The SMILES string of the molecule is CC1C(C)(C)NC(=O)C1(C)C. The van der Waals surface area contributed by atoms with Gasteiger partial charge in [0.2, 0.25) is 5.91 Å². The van der Waals surface area contributed by atoms with E-state index in [-0.39, 0.29) is 16.9 Å². The van der Waals surface area contributed by atoms with Gasteiger partial charge in [-0.3, -0.25) is 4.79 Å². The highest BCUT2D eigenvalue weighted by Gasteiger charge is 2.50. The standard InChI is InChI=1S/C9H17NO/c1-6-8(2,3)7(11)10-9(6,4)5/h6H,1-5H3,(H,10,11). The summed E-state index contributed by atoms with van der Waals surface area (Å²) in [5.41, 5.74) is -0.246. The summed E-state index contributed by atoms with van der Waals surface area (Å²) in [6.07, 6.45) is 0. The number of rotatable bonds is 0. The summed E-state index contributed by atoms with van der Waals surface area (Å²) < 4.78 is 0. The predicted molar refractivity (Wildman–Crippen MR) is 45.2 cm³/mol. The molecule has 1 fully saturated rings. The van der Waals surface area contributed by atoms with E-state index in [2.05, 4.69) is 26.1 Å². The third kappa shape index (κ3) is 1.05. The van der Waals surface area contributed by atoms with E-state index >= 15 is 0 Å². The average molecular weight is 155 g/mol. The van der Waals surface area contributed by atoms with Gasteiger partial charge in [0.05, 0.1) is 0 Å². The van der Waals surface area contributed by atoms with Crippen molar-refractivity contribution in [1.82, 2.24) is 5.32 Å². The molecular weight excluding hydrogens is 138 g/mol. The predicted octanol–water partition coefficient (Wildman–Crippen LogP) is 1.56. The second-order valence-electron chi connectivity index (χ2n) is 4.62. The lowest BCUT2D eigenvalue weighted by atomic mass is 9.75. The van der Waals surface area contributed by atoms with Crippen LogP contribution >= 0.6 is 0 Å². The molecule has 0 aromatic heterocycles. The van der Waals surface area contributed by atoms with Gasteiger partial charge in [-0.05, 0) is 19.8 Å². The van der Waals surface area contributed by atoms with Gasteiger partial charge in [0.1, 0.15) is 0 Å². The summed E-state index contributed by atoms with van der Waals surface area (Å²) in [7, 11) is 0. The van der Waals surface area contributed by atoms with E-state index in [9.17, 15) is 4.79 Å². The van der Waals surface area contributed by atoms with Gasteiger partial charge in [0, 0.05) is 11.0 Å². The zero-order chi connectivity index (χ0) is 8.86. The van der Waals surface area contributed by atoms with E-state index < -0.39 is 0 Å². The highest BCUT2D eigenvalue weighted by Crippen LogP contribution is 2.40. The molecule has 1 heterocycles. The van der Waals surface area contributed by atoms with Crippen molar-refractivity contribution in [3.63, 3.8) is 0 Å². The van der Waals surface area contributed by atoms with Crippen LogP contribution in [0, 0.1) is 11.3 Å². The Bertz CT molecular complexity index is 194. The summed E-state index contributed by atoms with van der Waals surface area (Å²) in [5, 5.41) is 2.99. The maximum atomic E-state index is 11.4. The van der Waals surface area contributed by atoms with Gasteiger partial charge < -0.3 is 5.32 Å². The molecular formula is C9H17NO. The molecule has 1 aliphatic heterocycles. The van der Waals surface area contributed by atoms with E-state index in [0.717, 1.165) is 0 Å². The minimum absolute atomic E-state index is 0.0411. The number of amides is 1. The van der Waals surface area contributed by atoms with Gasteiger partial charge in [0.25, 0.3) is 0 Å². The molecule has 1 atom stereocenters. The fourth-order valence-corrected chi connectivity index (χ4v) is 1.66. The Balaban J connectivity index is 2.98. The first kappa shape index (κ1) is 8.57. The van der Waals surface area contributed by atoms with Crippen LogP contribution in [0.4, 0.5) is 0 Å². The molecule has 1 unspecified atom stereocenters. The van der Waals surface area contributed by atoms with Crippen LogP contribution in [-0.2, 0) is 4.79 Å². The number of nitrogens with one attached hydrogen (secondary N) is 1. The third-order valence-electron chi connectivity index (χ3n) is 3.19. The molecule has 2 heteroatoms. The van der Waals surface area contributed by atoms with Crippen LogP contribution in [-0.4, -0.2) is 11.4 Å². The molecule has 2 nitrogen and oxygen atoms in total. The topological polar surface area (TPSA) is 29.1 Å². The van der Waals surface area contributed by atoms with E-state index in [4.69, 9.17) is 0 Å². The molecule has 0 aliphatic carbocycles. The van der Waals surface area contributed by atoms with Crippen LogP contribution in [0.5, 0.6) is 0 Å². The van der Waals surface area contributed by atoms with Crippen molar-refractivity contribution in [2.75, 3.05) is 0 Å². The minimum atomic E-state index is -0.205. The van der Waals surface area contributed by atoms with Crippen molar-refractivity contribution in [2.24, 2.45) is 11.3 Å². The zero-order valence-electron chi connectivity index (χ0n) is 7.99. The summed E-state index contributed by atoms with van der Waals surface area (Å²) in [6.45, 7) is 10.3. The van der Waals surface area contributed by atoms with Crippen molar-refractivity contribution >= 4 is 5.91 Å².